The summed E-state index contributed by atoms with van der Waals surface area (Å²) in [7, 11) is 0. The second-order valence-electron chi connectivity index (χ2n) is 1.69. The quantitative estimate of drug-likeness (QED) is 0.438. The molecule has 3 N–H and O–H groups in total. The number of primary amides is 1. The summed E-state index contributed by atoms with van der Waals surface area (Å²) in [6.07, 6.45) is 1.75. The van der Waals surface area contributed by atoms with Gasteiger partial charge >= 0.3 is 0 Å². The predicted octanol–water partition coefficient (Wildman–Crippen LogP) is 0.448. The fraction of sp³-hybridized carbons (Fsp3) is 0.600. The number of amides is 1. The highest BCUT2D eigenvalue weighted by Gasteiger charge is 2.12. The molecule has 0 aromatic rings. The van der Waals surface area contributed by atoms with Crippen molar-refractivity contribution in [1.29, 1.82) is 5.41 Å². The fourth-order valence-corrected chi connectivity index (χ4v) is 0.776. The van der Waals surface area contributed by atoms with Gasteiger partial charge in [0, 0.05) is 0 Å². The standard InChI is InChI=1S/C5H10N2OS/c1-3(4(6)8)5(7)9-2/h3,7H,1-2H3,(H2,6,8). The summed E-state index contributed by atoms with van der Waals surface area (Å²) in [6.45, 7) is 1.63. The van der Waals surface area contributed by atoms with Crippen LogP contribution in [0, 0.1) is 11.3 Å². The first-order valence-corrected chi connectivity index (χ1v) is 3.73. The summed E-state index contributed by atoms with van der Waals surface area (Å²) < 4.78 is 0. The summed E-state index contributed by atoms with van der Waals surface area (Å²) in [5.41, 5.74) is 4.92. The molecule has 4 heteroatoms. The lowest BCUT2D eigenvalue weighted by atomic mass is 10.2. The molecule has 1 atom stereocenters. The van der Waals surface area contributed by atoms with E-state index in [-0.39, 0.29) is 0 Å². The molecular weight excluding hydrogens is 136 g/mol. The van der Waals surface area contributed by atoms with Crippen LogP contribution in [-0.4, -0.2) is 17.2 Å². The minimum absolute atomic E-state index is 0.322. The molecule has 52 valence electrons. The van der Waals surface area contributed by atoms with Crippen LogP contribution in [0.4, 0.5) is 0 Å². The third-order valence-corrected chi connectivity index (χ3v) is 1.83. The van der Waals surface area contributed by atoms with Crippen molar-refractivity contribution in [3.05, 3.63) is 0 Å². The van der Waals surface area contributed by atoms with Crippen molar-refractivity contribution in [3.8, 4) is 0 Å². The molecule has 0 saturated heterocycles. The van der Waals surface area contributed by atoms with E-state index in [4.69, 9.17) is 11.1 Å². The molecule has 0 saturated carbocycles. The molecule has 0 bridgehead atoms. The lowest BCUT2D eigenvalue weighted by Gasteiger charge is -2.03. The Hall–Kier alpha value is -0.510. The normalized spacial score (nSPS) is 12.7. The van der Waals surface area contributed by atoms with Gasteiger partial charge in [-0.05, 0) is 13.2 Å². The van der Waals surface area contributed by atoms with E-state index >= 15 is 0 Å². The highest BCUT2D eigenvalue weighted by atomic mass is 32.2. The van der Waals surface area contributed by atoms with Crippen LogP contribution in [0.15, 0.2) is 0 Å². The average molecular weight is 146 g/mol. The third-order valence-electron chi connectivity index (χ3n) is 1.04. The zero-order valence-corrected chi connectivity index (χ0v) is 6.29. The van der Waals surface area contributed by atoms with Crippen molar-refractivity contribution in [2.24, 2.45) is 11.7 Å². The SMILES string of the molecule is CSC(=N)C(C)C(N)=O. The second-order valence-corrected chi connectivity index (χ2v) is 2.54. The van der Waals surface area contributed by atoms with Crippen LogP contribution in [0.1, 0.15) is 6.92 Å². The Morgan fingerprint density at radius 2 is 2.22 bits per heavy atom. The highest BCUT2D eigenvalue weighted by molar-refractivity contribution is 8.13. The number of nitrogens with one attached hydrogen (secondary N) is 1. The van der Waals surface area contributed by atoms with E-state index < -0.39 is 11.8 Å². The first kappa shape index (κ1) is 8.49. The first-order chi connectivity index (χ1) is 4.09. The van der Waals surface area contributed by atoms with Crippen molar-refractivity contribution in [1.82, 2.24) is 0 Å². The number of carbonyl (C=O) groups excluding carboxylic acids is 1. The topological polar surface area (TPSA) is 66.9 Å². The summed E-state index contributed by atoms with van der Waals surface area (Å²) in [5.74, 6) is -0.866. The van der Waals surface area contributed by atoms with Gasteiger partial charge in [-0.2, -0.15) is 0 Å². The van der Waals surface area contributed by atoms with E-state index in [1.807, 2.05) is 0 Å². The molecule has 1 unspecified atom stereocenters. The zero-order chi connectivity index (χ0) is 7.44. The lowest BCUT2D eigenvalue weighted by Crippen LogP contribution is -2.25. The summed E-state index contributed by atoms with van der Waals surface area (Å²) in [5, 5.41) is 7.46. The molecule has 0 radical (unpaired) electrons. The second kappa shape index (κ2) is 3.50. The summed E-state index contributed by atoms with van der Waals surface area (Å²) >= 11 is 1.24. The van der Waals surface area contributed by atoms with Gasteiger partial charge in [0.15, 0.2) is 0 Å². The smallest absolute Gasteiger partial charge is 0.226 e. The Labute approximate surface area is 58.5 Å². The first-order valence-electron chi connectivity index (χ1n) is 2.51. The monoisotopic (exact) mass is 146 g/mol. The highest BCUT2D eigenvalue weighted by Crippen LogP contribution is 2.06. The van der Waals surface area contributed by atoms with Crippen LogP contribution in [0.2, 0.25) is 0 Å². The number of hydrogen-bond donors (Lipinski definition) is 2. The van der Waals surface area contributed by atoms with Crippen LogP contribution < -0.4 is 5.73 Å². The summed E-state index contributed by atoms with van der Waals surface area (Å²) in [6, 6.07) is 0. The molecule has 9 heavy (non-hydrogen) atoms. The average Bonchev–Trinajstić information content (AvgIpc) is 1.84. The van der Waals surface area contributed by atoms with Gasteiger partial charge in [-0.1, -0.05) is 0 Å². The molecule has 0 rings (SSSR count). The third kappa shape index (κ3) is 2.51. The molecule has 0 aromatic heterocycles. The minimum Gasteiger partial charge on any atom is -0.369 e. The van der Waals surface area contributed by atoms with Gasteiger partial charge in [-0.25, -0.2) is 0 Å². The molecule has 1 amide bonds. The van der Waals surface area contributed by atoms with Gasteiger partial charge in [0.05, 0.1) is 11.0 Å². The van der Waals surface area contributed by atoms with Crippen molar-refractivity contribution < 1.29 is 4.79 Å². The Morgan fingerprint density at radius 1 is 1.78 bits per heavy atom. The zero-order valence-electron chi connectivity index (χ0n) is 5.47. The number of rotatable bonds is 2. The number of hydrogen-bond acceptors (Lipinski definition) is 3. The maximum Gasteiger partial charge on any atom is 0.226 e. The molecule has 0 aliphatic rings. The molecule has 0 aromatic carbocycles. The Balaban J connectivity index is 3.88. The molecule has 3 nitrogen and oxygen atoms in total. The van der Waals surface area contributed by atoms with Gasteiger partial charge in [0.25, 0.3) is 0 Å². The maximum absolute atomic E-state index is 10.4. The van der Waals surface area contributed by atoms with Gasteiger partial charge in [0.2, 0.25) is 5.91 Å². The molecule has 0 aliphatic heterocycles. The molecule has 0 aliphatic carbocycles. The van der Waals surface area contributed by atoms with E-state index in [0.717, 1.165) is 0 Å². The van der Waals surface area contributed by atoms with Crippen LogP contribution >= 0.6 is 11.8 Å². The molecule has 0 spiro atoms. The largest absolute Gasteiger partial charge is 0.369 e. The van der Waals surface area contributed by atoms with Crippen LogP contribution in [0.3, 0.4) is 0 Å². The Bertz CT molecular complexity index is 135. The van der Waals surface area contributed by atoms with Gasteiger partial charge in [0.1, 0.15) is 0 Å². The minimum atomic E-state index is -0.436. The van der Waals surface area contributed by atoms with Gasteiger partial charge in [-0.15, -0.1) is 11.8 Å². The van der Waals surface area contributed by atoms with Gasteiger partial charge in [-0.3, -0.25) is 10.2 Å². The van der Waals surface area contributed by atoms with E-state index in [9.17, 15) is 4.79 Å². The van der Waals surface area contributed by atoms with Gasteiger partial charge < -0.3 is 5.73 Å². The summed E-state index contributed by atoms with van der Waals surface area (Å²) in [4.78, 5) is 10.4. The van der Waals surface area contributed by atoms with Crippen LogP contribution in [0.5, 0.6) is 0 Å². The Morgan fingerprint density at radius 3 is 2.33 bits per heavy atom. The fourth-order valence-electron chi connectivity index (χ4n) is 0.306. The maximum atomic E-state index is 10.4. The van der Waals surface area contributed by atoms with Crippen molar-refractivity contribution in [3.63, 3.8) is 0 Å². The molecule has 0 fully saturated rings. The van der Waals surface area contributed by atoms with Crippen LogP contribution in [-0.2, 0) is 4.79 Å². The number of thioether (sulfide) groups is 1. The number of nitrogens with two attached hydrogens (primary N) is 1. The Kier molecular flexibility index (Phi) is 3.30. The van der Waals surface area contributed by atoms with Crippen molar-refractivity contribution in [2.75, 3.05) is 6.26 Å². The predicted molar refractivity (Wildman–Crippen MR) is 39.6 cm³/mol. The van der Waals surface area contributed by atoms with E-state index in [1.54, 1.807) is 13.2 Å². The molecule has 0 heterocycles. The van der Waals surface area contributed by atoms with E-state index in [1.165, 1.54) is 11.8 Å². The number of carbonyl (C=O) groups is 1. The lowest BCUT2D eigenvalue weighted by molar-refractivity contribution is -0.119. The van der Waals surface area contributed by atoms with Crippen molar-refractivity contribution >= 4 is 22.7 Å². The van der Waals surface area contributed by atoms with E-state index in [0.29, 0.717) is 5.04 Å². The molecular formula is C5H10N2OS. The van der Waals surface area contributed by atoms with E-state index in [2.05, 4.69) is 0 Å². The van der Waals surface area contributed by atoms with Crippen molar-refractivity contribution in [2.45, 2.75) is 6.92 Å². The van der Waals surface area contributed by atoms with Crippen LogP contribution in [0.25, 0.3) is 0 Å².